The molecule has 0 amide bonds. The number of ether oxygens (including phenoxy) is 2. The van der Waals surface area contributed by atoms with Gasteiger partial charge in [0.25, 0.3) is 15.9 Å². The van der Waals surface area contributed by atoms with E-state index in [0.29, 0.717) is 0 Å². The molecule has 0 N–H and O–H groups in total. The van der Waals surface area contributed by atoms with Gasteiger partial charge in [-0.1, -0.05) is 0 Å². The lowest BCUT2D eigenvalue weighted by Crippen LogP contribution is -2.47. The van der Waals surface area contributed by atoms with E-state index in [1.807, 2.05) is 0 Å². The van der Waals surface area contributed by atoms with Crippen LogP contribution in [0.2, 0.25) is 0 Å². The molecule has 0 radical (unpaired) electrons. The first kappa shape index (κ1) is 13.7. The Morgan fingerprint density at radius 1 is 1.31 bits per heavy atom. The highest BCUT2D eigenvalue weighted by atomic mass is 32.2. The third-order valence-corrected chi connectivity index (χ3v) is 2.51. The van der Waals surface area contributed by atoms with Crippen LogP contribution in [0, 0.1) is 0 Å². The van der Waals surface area contributed by atoms with E-state index in [2.05, 4.69) is 13.7 Å². The highest BCUT2D eigenvalue weighted by Crippen LogP contribution is 2.40. The maximum Gasteiger partial charge on any atom is 0.443 e. The van der Waals surface area contributed by atoms with E-state index >= 15 is 0 Å². The van der Waals surface area contributed by atoms with E-state index in [0.717, 1.165) is 6.26 Å². The molecular formula is C7H11F3O5S. The molecular weight excluding hydrogens is 253 g/mol. The molecule has 1 aliphatic rings. The average molecular weight is 264 g/mol. The van der Waals surface area contributed by atoms with Gasteiger partial charge in [-0.25, -0.2) is 0 Å². The van der Waals surface area contributed by atoms with Gasteiger partial charge < -0.3 is 9.47 Å². The summed E-state index contributed by atoms with van der Waals surface area (Å²) < 4.78 is 72.1. The summed E-state index contributed by atoms with van der Waals surface area (Å²) in [6.07, 6.45) is -4.68. The van der Waals surface area contributed by atoms with Crippen LogP contribution >= 0.6 is 0 Å². The van der Waals surface area contributed by atoms with E-state index in [4.69, 9.17) is 0 Å². The molecule has 16 heavy (non-hydrogen) atoms. The largest absolute Gasteiger partial charge is 0.443 e. The number of alkyl halides is 3. The maximum absolute atomic E-state index is 12.6. The molecule has 0 saturated carbocycles. The molecule has 0 bridgehead atoms. The lowest BCUT2D eigenvalue weighted by atomic mass is 10.2. The van der Waals surface area contributed by atoms with E-state index in [9.17, 15) is 21.6 Å². The van der Waals surface area contributed by atoms with E-state index in [1.165, 1.54) is 0 Å². The first-order valence-corrected chi connectivity index (χ1v) is 6.17. The number of halogens is 3. The van der Waals surface area contributed by atoms with Gasteiger partial charge in [0.15, 0.2) is 0 Å². The molecule has 0 atom stereocenters. The number of hydrogen-bond donors (Lipinski definition) is 0. The first-order valence-electron chi connectivity index (χ1n) is 4.35. The molecule has 5 nitrogen and oxygen atoms in total. The van der Waals surface area contributed by atoms with Crippen molar-refractivity contribution in [2.24, 2.45) is 0 Å². The minimum atomic E-state index is -4.72. The summed E-state index contributed by atoms with van der Waals surface area (Å²) in [5, 5.41) is 0. The molecule has 0 aromatic rings. The van der Waals surface area contributed by atoms with Crippen LogP contribution in [-0.2, 0) is 23.8 Å². The molecule has 1 saturated heterocycles. The molecule has 9 heteroatoms. The smallest absolute Gasteiger partial charge is 0.340 e. The van der Waals surface area contributed by atoms with Crippen molar-refractivity contribution >= 4 is 10.1 Å². The predicted octanol–water partition coefficient (Wildman–Crippen LogP) is 0.658. The zero-order valence-corrected chi connectivity index (χ0v) is 9.23. The van der Waals surface area contributed by atoms with Crippen LogP contribution in [0.3, 0.4) is 0 Å². The van der Waals surface area contributed by atoms with Gasteiger partial charge >= 0.3 is 6.18 Å². The molecule has 1 fully saturated rings. The van der Waals surface area contributed by atoms with Gasteiger partial charge in [-0.3, -0.25) is 4.18 Å². The summed E-state index contributed by atoms with van der Waals surface area (Å²) in [6, 6.07) is 0. The molecule has 0 aromatic heterocycles. The van der Waals surface area contributed by atoms with Gasteiger partial charge in [0.2, 0.25) is 0 Å². The average Bonchev–Trinajstić information content (AvgIpc) is 2.50. The molecule has 0 spiro atoms. The van der Waals surface area contributed by atoms with E-state index in [-0.39, 0.29) is 13.2 Å². The van der Waals surface area contributed by atoms with Crippen molar-refractivity contribution in [1.29, 1.82) is 0 Å². The van der Waals surface area contributed by atoms with Crippen molar-refractivity contribution in [2.45, 2.75) is 18.4 Å². The highest BCUT2D eigenvalue weighted by molar-refractivity contribution is 7.85. The fourth-order valence-electron chi connectivity index (χ4n) is 1.23. The number of hydrogen-bond acceptors (Lipinski definition) is 5. The standard InChI is InChI=1S/C7H11F3O5S/c1-16(11,12)15-3-2-6(7(8,9)10)13-4-5-14-6/h2-5H2,1H3. The Kier molecular flexibility index (Phi) is 3.83. The van der Waals surface area contributed by atoms with Crippen molar-refractivity contribution in [2.75, 3.05) is 26.1 Å². The third-order valence-electron chi connectivity index (χ3n) is 1.91. The summed E-state index contributed by atoms with van der Waals surface area (Å²) in [5.41, 5.74) is 0. The molecule has 96 valence electrons. The Morgan fingerprint density at radius 3 is 2.19 bits per heavy atom. The molecule has 1 aliphatic heterocycles. The van der Waals surface area contributed by atoms with Crippen LogP contribution < -0.4 is 0 Å². The Labute approximate surface area is 90.6 Å². The zero-order chi connectivity index (χ0) is 12.4. The van der Waals surface area contributed by atoms with Crippen LogP contribution in [0.15, 0.2) is 0 Å². The molecule has 0 aliphatic carbocycles. The summed E-state index contributed by atoms with van der Waals surface area (Å²) in [6.45, 7) is -1.00. The van der Waals surface area contributed by atoms with Gasteiger partial charge in [0.1, 0.15) is 0 Å². The van der Waals surface area contributed by atoms with Crippen molar-refractivity contribution in [3.8, 4) is 0 Å². The van der Waals surface area contributed by atoms with Crippen LogP contribution in [0.1, 0.15) is 6.42 Å². The van der Waals surface area contributed by atoms with Crippen LogP contribution in [0.5, 0.6) is 0 Å². The summed E-state index contributed by atoms with van der Waals surface area (Å²) in [4.78, 5) is 0. The Morgan fingerprint density at radius 2 is 1.81 bits per heavy atom. The van der Waals surface area contributed by atoms with E-state index < -0.39 is 35.1 Å². The maximum atomic E-state index is 12.6. The number of rotatable bonds is 4. The highest BCUT2D eigenvalue weighted by Gasteiger charge is 2.59. The SMILES string of the molecule is CS(=O)(=O)OCCC1(C(F)(F)F)OCCO1. The van der Waals surface area contributed by atoms with Gasteiger partial charge in [-0.15, -0.1) is 0 Å². The second-order valence-corrected chi connectivity index (χ2v) is 4.87. The van der Waals surface area contributed by atoms with Gasteiger partial charge in [0, 0.05) is 6.42 Å². The minimum Gasteiger partial charge on any atom is -0.340 e. The summed E-state index contributed by atoms with van der Waals surface area (Å²) >= 11 is 0. The summed E-state index contributed by atoms with van der Waals surface area (Å²) in [5.74, 6) is -2.74. The topological polar surface area (TPSA) is 61.8 Å². The van der Waals surface area contributed by atoms with Gasteiger partial charge in [-0.05, 0) is 0 Å². The van der Waals surface area contributed by atoms with Gasteiger partial charge in [-0.2, -0.15) is 21.6 Å². The van der Waals surface area contributed by atoms with Gasteiger partial charge in [0.05, 0.1) is 26.1 Å². The quantitative estimate of drug-likeness (QED) is 0.698. The zero-order valence-electron chi connectivity index (χ0n) is 8.41. The Hall–Kier alpha value is -0.380. The van der Waals surface area contributed by atoms with Crippen molar-refractivity contribution in [3.63, 3.8) is 0 Å². The minimum absolute atomic E-state index is 0.182. The Bertz CT molecular complexity index is 330. The van der Waals surface area contributed by atoms with Crippen LogP contribution in [0.4, 0.5) is 13.2 Å². The van der Waals surface area contributed by atoms with Crippen molar-refractivity contribution in [3.05, 3.63) is 0 Å². The molecule has 0 unspecified atom stereocenters. The normalized spacial score (nSPS) is 21.2. The van der Waals surface area contributed by atoms with Crippen LogP contribution in [0.25, 0.3) is 0 Å². The van der Waals surface area contributed by atoms with E-state index in [1.54, 1.807) is 0 Å². The lowest BCUT2D eigenvalue weighted by molar-refractivity contribution is -0.346. The first-order chi connectivity index (χ1) is 7.16. The molecule has 1 heterocycles. The lowest BCUT2D eigenvalue weighted by Gasteiger charge is -2.29. The second kappa shape index (κ2) is 4.47. The second-order valence-electron chi connectivity index (χ2n) is 3.22. The molecule has 1 rings (SSSR count). The predicted molar refractivity (Wildman–Crippen MR) is 46.1 cm³/mol. The monoisotopic (exact) mass is 264 g/mol. The van der Waals surface area contributed by atoms with Crippen molar-refractivity contribution in [1.82, 2.24) is 0 Å². The Balaban J connectivity index is 2.60. The fraction of sp³-hybridized carbons (Fsp3) is 1.00. The molecule has 0 aromatic carbocycles. The summed E-state index contributed by atoms with van der Waals surface area (Å²) in [7, 11) is -3.77. The fourth-order valence-corrected chi connectivity index (χ4v) is 1.62. The third kappa shape index (κ3) is 3.30. The van der Waals surface area contributed by atoms with Crippen LogP contribution in [-0.4, -0.2) is 46.5 Å². The van der Waals surface area contributed by atoms with Crippen molar-refractivity contribution < 1.29 is 35.2 Å².